The Bertz CT molecular complexity index is 410. The van der Waals surface area contributed by atoms with Gasteiger partial charge in [0, 0.05) is 17.1 Å². The lowest BCUT2D eigenvalue weighted by atomic mass is 10.1. The second-order valence-corrected chi connectivity index (χ2v) is 4.29. The van der Waals surface area contributed by atoms with Gasteiger partial charge in [0.1, 0.15) is 12.7 Å². The van der Waals surface area contributed by atoms with E-state index in [4.69, 9.17) is 21.4 Å². The van der Waals surface area contributed by atoms with E-state index in [9.17, 15) is 4.79 Å². The lowest BCUT2D eigenvalue weighted by Crippen LogP contribution is -2.43. The van der Waals surface area contributed by atoms with Gasteiger partial charge in [-0.25, -0.2) is 0 Å². The third-order valence-electron chi connectivity index (χ3n) is 2.81. The van der Waals surface area contributed by atoms with Gasteiger partial charge in [-0.2, -0.15) is 0 Å². The minimum absolute atomic E-state index is 0.215. The van der Waals surface area contributed by atoms with Gasteiger partial charge in [0.25, 0.3) is 0 Å². The Hall–Kier alpha value is -1.10. The number of ether oxygens (including phenoxy) is 1. The average molecular weight is 256 g/mol. The largest absolute Gasteiger partial charge is 0.387 e. The number of carbonyl (C=O) groups is 1. The highest BCUT2D eigenvalue weighted by Gasteiger charge is 2.25. The molecule has 1 amide bonds. The molecule has 1 unspecified atom stereocenters. The molecular formula is C12H14ClNO3. The average Bonchev–Trinajstić information content (AvgIpc) is 2.38. The van der Waals surface area contributed by atoms with E-state index in [1.807, 2.05) is 18.2 Å². The molecule has 1 aromatic carbocycles. The Morgan fingerprint density at radius 2 is 2.29 bits per heavy atom. The third kappa shape index (κ3) is 2.77. The quantitative estimate of drug-likeness (QED) is 0.865. The number of carbonyl (C=O) groups excluding carboxylic acids is 1. The zero-order chi connectivity index (χ0) is 12.3. The van der Waals surface area contributed by atoms with E-state index in [2.05, 4.69) is 0 Å². The van der Waals surface area contributed by atoms with Crippen LogP contribution < -0.4 is 0 Å². The van der Waals surface area contributed by atoms with Crippen molar-refractivity contribution < 1.29 is 14.6 Å². The van der Waals surface area contributed by atoms with Crippen LogP contribution in [0.15, 0.2) is 24.3 Å². The standard InChI is InChI=1S/C12H14ClNO3/c13-10-4-2-1-3-9(10)11-7-14(5-6-17-11)12(16)8-15/h1-4,11,15H,5-8H2. The molecule has 0 spiro atoms. The van der Waals surface area contributed by atoms with E-state index < -0.39 is 6.61 Å². The van der Waals surface area contributed by atoms with E-state index >= 15 is 0 Å². The summed E-state index contributed by atoms with van der Waals surface area (Å²) in [7, 11) is 0. The van der Waals surface area contributed by atoms with Crippen molar-refractivity contribution in [3.63, 3.8) is 0 Å². The van der Waals surface area contributed by atoms with E-state index in [0.29, 0.717) is 24.7 Å². The van der Waals surface area contributed by atoms with Crippen LogP contribution in [-0.4, -0.2) is 42.2 Å². The van der Waals surface area contributed by atoms with Crippen molar-refractivity contribution in [3.8, 4) is 0 Å². The molecule has 0 aromatic heterocycles. The molecule has 5 heteroatoms. The highest BCUT2D eigenvalue weighted by atomic mass is 35.5. The van der Waals surface area contributed by atoms with Gasteiger partial charge >= 0.3 is 0 Å². The number of aliphatic hydroxyl groups is 1. The fraction of sp³-hybridized carbons (Fsp3) is 0.417. The summed E-state index contributed by atoms with van der Waals surface area (Å²) in [6, 6.07) is 7.43. The Kier molecular flexibility index (Phi) is 3.99. The van der Waals surface area contributed by atoms with Crippen molar-refractivity contribution in [2.24, 2.45) is 0 Å². The topological polar surface area (TPSA) is 49.8 Å². The van der Waals surface area contributed by atoms with Gasteiger partial charge in [0.2, 0.25) is 5.91 Å². The van der Waals surface area contributed by atoms with Crippen molar-refractivity contribution in [3.05, 3.63) is 34.9 Å². The van der Waals surface area contributed by atoms with Gasteiger partial charge in [0.15, 0.2) is 0 Å². The normalized spacial score (nSPS) is 20.4. The first kappa shape index (κ1) is 12.4. The summed E-state index contributed by atoms with van der Waals surface area (Å²) in [5.74, 6) is -0.273. The van der Waals surface area contributed by atoms with Crippen LogP contribution in [0, 0.1) is 0 Å². The van der Waals surface area contributed by atoms with E-state index in [1.165, 1.54) is 0 Å². The number of morpholine rings is 1. The first-order valence-corrected chi connectivity index (χ1v) is 5.85. The SMILES string of the molecule is O=C(CO)N1CCOC(c2ccccc2Cl)C1. The molecule has 0 radical (unpaired) electrons. The fourth-order valence-corrected chi connectivity index (χ4v) is 2.16. The molecule has 92 valence electrons. The van der Waals surface area contributed by atoms with Gasteiger partial charge < -0.3 is 14.7 Å². The van der Waals surface area contributed by atoms with Crippen molar-refractivity contribution in [2.45, 2.75) is 6.10 Å². The molecule has 1 aromatic rings. The van der Waals surface area contributed by atoms with Crippen LogP contribution in [0.5, 0.6) is 0 Å². The summed E-state index contributed by atoms with van der Waals surface area (Å²) in [4.78, 5) is 13.0. The van der Waals surface area contributed by atoms with E-state index in [0.717, 1.165) is 5.56 Å². The van der Waals surface area contributed by atoms with Crippen LogP contribution in [-0.2, 0) is 9.53 Å². The maximum Gasteiger partial charge on any atom is 0.248 e. The van der Waals surface area contributed by atoms with Crippen molar-refractivity contribution in [2.75, 3.05) is 26.3 Å². The lowest BCUT2D eigenvalue weighted by molar-refractivity contribution is -0.141. The van der Waals surface area contributed by atoms with Gasteiger partial charge in [0.05, 0.1) is 13.2 Å². The number of aliphatic hydroxyl groups excluding tert-OH is 1. The zero-order valence-corrected chi connectivity index (χ0v) is 10.1. The molecule has 1 atom stereocenters. The smallest absolute Gasteiger partial charge is 0.248 e. The number of amides is 1. The molecule has 4 nitrogen and oxygen atoms in total. The Morgan fingerprint density at radius 1 is 1.53 bits per heavy atom. The third-order valence-corrected chi connectivity index (χ3v) is 3.15. The Balaban J connectivity index is 2.12. The zero-order valence-electron chi connectivity index (χ0n) is 9.30. The van der Waals surface area contributed by atoms with Crippen molar-refractivity contribution in [1.29, 1.82) is 0 Å². The summed E-state index contributed by atoms with van der Waals surface area (Å²) in [6.45, 7) is 0.945. The number of halogens is 1. The molecule has 1 fully saturated rings. The molecule has 1 aliphatic rings. The molecule has 2 rings (SSSR count). The maximum atomic E-state index is 11.4. The second kappa shape index (κ2) is 5.49. The van der Waals surface area contributed by atoms with Gasteiger partial charge in [-0.05, 0) is 6.07 Å². The minimum atomic E-state index is -0.463. The van der Waals surface area contributed by atoms with Crippen LogP contribution in [0.4, 0.5) is 0 Å². The predicted octanol–water partition coefficient (Wildman–Crippen LogP) is 1.23. The van der Waals surface area contributed by atoms with Gasteiger partial charge in [-0.15, -0.1) is 0 Å². The molecule has 1 aliphatic heterocycles. The monoisotopic (exact) mass is 255 g/mol. The van der Waals surface area contributed by atoms with Crippen LogP contribution in [0.25, 0.3) is 0 Å². The van der Waals surface area contributed by atoms with Gasteiger partial charge in [-0.1, -0.05) is 29.8 Å². The Morgan fingerprint density at radius 3 is 3.00 bits per heavy atom. The first-order chi connectivity index (χ1) is 8.22. The lowest BCUT2D eigenvalue weighted by Gasteiger charge is -2.33. The number of nitrogens with zero attached hydrogens (tertiary/aromatic N) is 1. The summed E-state index contributed by atoms with van der Waals surface area (Å²) in [6.07, 6.45) is -0.215. The van der Waals surface area contributed by atoms with Crippen LogP contribution >= 0.6 is 11.6 Å². The molecule has 1 N–H and O–H groups in total. The molecule has 0 bridgehead atoms. The predicted molar refractivity (Wildman–Crippen MR) is 63.8 cm³/mol. The van der Waals surface area contributed by atoms with Gasteiger partial charge in [-0.3, -0.25) is 4.79 Å². The minimum Gasteiger partial charge on any atom is -0.387 e. The van der Waals surface area contributed by atoms with Crippen molar-refractivity contribution >= 4 is 17.5 Å². The molecule has 0 saturated carbocycles. The highest BCUT2D eigenvalue weighted by Crippen LogP contribution is 2.28. The second-order valence-electron chi connectivity index (χ2n) is 3.88. The first-order valence-electron chi connectivity index (χ1n) is 5.47. The van der Waals surface area contributed by atoms with Crippen molar-refractivity contribution in [1.82, 2.24) is 4.90 Å². The summed E-state index contributed by atoms with van der Waals surface area (Å²) >= 11 is 6.09. The fourth-order valence-electron chi connectivity index (χ4n) is 1.90. The number of hydrogen-bond acceptors (Lipinski definition) is 3. The molecule has 1 heterocycles. The molecule has 1 saturated heterocycles. The molecule has 17 heavy (non-hydrogen) atoms. The Labute approximate surface area is 105 Å². The number of hydrogen-bond donors (Lipinski definition) is 1. The van der Waals surface area contributed by atoms with E-state index in [-0.39, 0.29) is 12.0 Å². The van der Waals surface area contributed by atoms with E-state index in [1.54, 1.807) is 11.0 Å². The van der Waals surface area contributed by atoms with Crippen LogP contribution in [0.2, 0.25) is 5.02 Å². The highest BCUT2D eigenvalue weighted by molar-refractivity contribution is 6.31. The number of benzene rings is 1. The summed E-state index contributed by atoms with van der Waals surface area (Å²) in [5.41, 5.74) is 0.879. The maximum absolute atomic E-state index is 11.4. The number of rotatable bonds is 2. The summed E-state index contributed by atoms with van der Waals surface area (Å²) in [5, 5.41) is 9.48. The molecular weight excluding hydrogens is 242 g/mol. The molecule has 0 aliphatic carbocycles. The van der Waals surface area contributed by atoms with Crippen LogP contribution in [0.1, 0.15) is 11.7 Å². The summed E-state index contributed by atoms with van der Waals surface area (Å²) < 4.78 is 5.61. The van der Waals surface area contributed by atoms with Crippen LogP contribution in [0.3, 0.4) is 0 Å².